The number of nitrogens with zero attached hydrogens (tertiary/aromatic N) is 4. The minimum Gasteiger partial charge on any atom is -0.378 e. The standard InChI is InChI=1S/C21H18ClN7O/c1-12(13-10-25-29(2)11-13)26-19-8-20(30)28-17-4-3-14(7-15(17)19)27-18-5-6-24-21(22)16(18)9-23/h3-8,10-12H,1-2H3,(H,24,27)(H2,26,28,30). The molecule has 150 valence electrons. The summed E-state index contributed by atoms with van der Waals surface area (Å²) in [4.78, 5) is 18.9. The minimum atomic E-state index is -0.197. The first-order valence-corrected chi connectivity index (χ1v) is 9.56. The maximum atomic E-state index is 12.1. The molecule has 0 fully saturated rings. The first-order chi connectivity index (χ1) is 14.4. The van der Waals surface area contributed by atoms with Crippen LogP contribution >= 0.6 is 11.6 Å². The van der Waals surface area contributed by atoms with Crippen LogP contribution in [0, 0.1) is 11.3 Å². The Morgan fingerprint density at radius 2 is 2.10 bits per heavy atom. The molecule has 0 spiro atoms. The average Bonchev–Trinajstić information content (AvgIpc) is 3.15. The van der Waals surface area contributed by atoms with Crippen LogP contribution in [-0.4, -0.2) is 19.7 Å². The summed E-state index contributed by atoms with van der Waals surface area (Å²) in [5.41, 5.74) is 3.76. The zero-order chi connectivity index (χ0) is 21.3. The number of hydrogen-bond acceptors (Lipinski definition) is 6. The van der Waals surface area contributed by atoms with E-state index in [1.807, 2.05) is 38.4 Å². The quantitative estimate of drug-likeness (QED) is 0.420. The van der Waals surface area contributed by atoms with E-state index in [-0.39, 0.29) is 22.3 Å². The fraction of sp³-hybridized carbons (Fsp3) is 0.143. The van der Waals surface area contributed by atoms with Crippen molar-refractivity contribution < 1.29 is 0 Å². The summed E-state index contributed by atoms with van der Waals surface area (Å²) in [7, 11) is 1.86. The van der Waals surface area contributed by atoms with Gasteiger partial charge in [-0.1, -0.05) is 11.6 Å². The molecule has 0 radical (unpaired) electrons. The molecule has 8 nitrogen and oxygen atoms in total. The lowest BCUT2D eigenvalue weighted by Gasteiger charge is -2.16. The second kappa shape index (κ2) is 7.89. The molecule has 1 atom stereocenters. The lowest BCUT2D eigenvalue weighted by Crippen LogP contribution is -2.11. The van der Waals surface area contributed by atoms with Crippen molar-refractivity contribution in [3.8, 4) is 6.07 Å². The molecule has 1 unspecified atom stereocenters. The second-order valence-electron chi connectivity index (χ2n) is 6.88. The van der Waals surface area contributed by atoms with Crippen molar-refractivity contribution in [1.82, 2.24) is 19.7 Å². The molecule has 0 saturated carbocycles. The lowest BCUT2D eigenvalue weighted by atomic mass is 10.1. The van der Waals surface area contributed by atoms with Crippen LogP contribution in [0.25, 0.3) is 10.9 Å². The maximum absolute atomic E-state index is 12.1. The number of nitriles is 1. The minimum absolute atomic E-state index is 0.0514. The molecular formula is C21H18ClN7O. The number of H-pyrrole nitrogens is 1. The number of halogens is 1. The van der Waals surface area contributed by atoms with Crippen molar-refractivity contribution in [2.45, 2.75) is 13.0 Å². The van der Waals surface area contributed by atoms with Gasteiger partial charge in [0.25, 0.3) is 0 Å². The first kappa shape index (κ1) is 19.5. The van der Waals surface area contributed by atoms with Crippen LogP contribution in [-0.2, 0) is 7.05 Å². The molecule has 30 heavy (non-hydrogen) atoms. The predicted octanol–water partition coefficient (Wildman–Crippen LogP) is 4.10. The van der Waals surface area contributed by atoms with E-state index in [2.05, 4.69) is 31.8 Å². The van der Waals surface area contributed by atoms with Gasteiger partial charge < -0.3 is 15.6 Å². The van der Waals surface area contributed by atoms with Gasteiger partial charge in [0, 0.05) is 47.8 Å². The van der Waals surface area contributed by atoms with Gasteiger partial charge in [-0.05, 0) is 31.2 Å². The molecule has 1 aromatic carbocycles. The number of anilines is 3. The molecule has 9 heteroatoms. The highest BCUT2D eigenvalue weighted by atomic mass is 35.5. The van der Waals surface area contributed by atoms with Crippen LogP contribution in [0.15, 0.2) is 53.7 Å². The summed E-state index contributed by atoms with van der Waals surface area (Å²) in [5, 5.41) is 21.1. The van der Waals surface area contributed by atoms with Gasteiger partial charge in [-0.2, -0.15) is 10.4 Å². The molecule has 4 aromatic rings. The summed E-state index contributed by atoms with van der Waals surface area (Å²) in [6.07, 6.45) is 5.25. The van der Waals surface area contributed by atoms with E-state index in [4.69, 9.17) is 11.6 Å². The molecule has 3 heterocycles. The number of pyridine rings is 2. The molecule has 3 N–H and O–H groups in total. The molecule has 0 saturated heterocycles. The Hall–Kier alpha value is -3.83. The molecule has 0 aliphatic carbocycles. The zero-order valence-electron chi connectivity index (χ0n) is 16.3. The van der Waals surface area contributed by atoms with E-state index < -0.39 is 0 Å². The molecule has 0 aliphatic rings. The third-order valence-electron chi connectivity index (χ3n) is 4.74. The largest absolute Gasteiger partial charge is 0.378 e. The van der Waals surface area contributed by atoms with E-state index in [0.29, 0.717) is 16.9 Å². The monoisotopic (exact) mass is 419 g/mol. The van der Waals surface area contributed by atoms with Gasteiger partial charge in [-0.15, -0.1) is 0 Å². The van der Waals surface area contributed by atoms with Gasteiger partial charge in [0.1, 0.15) is 16.8 Å². The number of aromatic nitrogens is 4. The predicted molar refractivity (Wildman–Crippen MR) is 117 cm³/mol. The van der Waals surface area contributed by atoms with Crippen LogP contribution in [0.5, 0.6) is 0 Å². The summed E-state index contributed by atoms with van der Waals surface area (Å²) >= 11 is 6.02. The Kier molecular flexibility index (Phi) is 5.12. The molecular weight excluding hydrogens is 402 g/mol. The zero-order valence-corrected chi connectivity index (χ0v) is 17.0. The summed E-state index contributed by atoms with van der Waals surface area (Å²) in [6.45, 7) is 2.00. The van der Waals surface area contributed by atoms with Crippen molar-refractivity contribution >= 4 is 39.6 Å². The Labute approximate surface area is 177 Å². The van der Waals surface area contributed by atoms with Gasteiger partial charge in [-0.25, -0.2) is 4.98 Å². The topological polar surface area (TPSA) is 111 Å². The van der Waals surface area contributed by atoms with E-state index in [1.54, 1.807) is 16.9 Å². The fourth-order valence-corrected chi connectivity index (χ4v) is 3.43. The number of benzene rings is 1. The third-order valence-corrected chi connectivity index (χ3v) is 5.02. The highest BCUT2D eigenvalue weighted by Gasteiger charge is 2.12. The number of aryl methyl sites for hydroxylation is 1. The van der Waals surface area contributed by atoms with Crippen molar-refractivity contribution in [2.24, 2.45) is 7.05 Å². The Morgan fingerprint density at radius 1 is 1.27 bits per heavy atom. The number of rotatable bonds is 5. The normalized spacial score (nSPS) is 11.8. The van der Waals surface area contributed by atoms with Crippen LogP contribution in [0.4, 0.5) is 17.1 Å². The maximum Gasteiger partial charge on any atom is 0.250 e. The average molecular weight is 420 g/mol. The summed E-state index contributed by atoms with van der Waals surface area (Å²) in [6, 6.07) is 10.8. The smallest absolute Gasteiger partial charge is 0.250 e. The van der Waals surface area contributed by atoms with Gasteiger partial charge in [-0.3, -0.25) is 9.48 Å². The van der Waals surface area contributed by atoms with Crippen molar-refractivity contribution in [3.63, 3.8) is 0 Å². The van der Waals surface area contributed by atoms with Gasteiger partial charge in [0.05, 0.1) is 23.4 Å². The van der Waals surface area contributed by atoms with E-state index >= 15 is 0 Å². The van der Waals surface area contributed by atoms with Crippen LogP contribution in [0.1, 0.15) is 24.1 Å². The number of hydrogen-bond donors (Lipinski definition) is 3. The molecule has 0 bridgehead atoms. The van der Waals surface area contributed by atoms with Crippen molar-refractivity contribution in [3.05, 3.63) is 75.6 Å². The highest BCUT2D eigenvalue weighted by Crippen LogP contribution is 2.30. The van der Waals surface area contributed by atoms with E-state index in [1.165, 1.54) is 12.3 Å². The molecule has 0 aliphatic heterocycles. The van der Waals surface area contributed by atoms with E-state index in [0.717, 1.165) is 16.6 Å². The van der Waals surface area contributed by atoms with Gasteiger partial charge in [0.15, 0.2) is 0 Å². The molecule has 0 amide bonds. The molecule has 4 rings (SSSR count). The molecule has 3 aromatic heterocycles. The summed E-state index contributed by atoms with van der Waals surface area (Å²) < 4.78 is 1.73. The van der Waals surface area contributed by atoms with Crippen LogP contribution < -0.4 is 16.2 Å². The third kappa shape index (κ3) is 3.83. The van der Waals surface area contributed by atoms with Crippen LogP contribution in [0.3, 0.4) is 0 Å². The second-order valence-corrected chi connectivity index (χ2v) is 7.24. The number of nitrogens with one attached hydrogen (secondary N) is 3. The summed E-state index contributed by atoms with van der Waals surface area (Å²) in [5.74, 6) is 0. The first-order valence-electron chi connectivity index (χ1n) is 9.18. The van der Waals surface area contributed by atoms with Gasteiger partial charge in [0.2, 0.25) is 5.56 Å². The van der Waals surface area contributed by atoms with Crippen molar-refractivity contribution in [1.29, 1.82) is 5.26 Å². The van der Waals surface area contributed by atoms with Crippen LogP contribution in [0.2, 0.25) is 5.15 Å². The SMILES string of the molecule is CC(Nc1cc(=O)[nH]c2ccc(Nc3ccnc(Cl)c3C#N)cc12)c1cnn(C)c1. The van der Waals surface area contributed by atoms with Crippen molar-refractivity contribution in [2.75, 3.05) is 10.6 Å². The Morgan fingerprint density at radius 3 is 2.83 bits per heavy atom. The van der Waals surface area contributed by atoms with E-state index in [9.17, 15) is 10.1 Å². The van der Waals surface area contributed by atoms with Gasteiger partial charge >= 0.3 is 0 Å². The number of fused-ring (bicyclic) bond motifs is 1. The highest BCUT2D eigenvalue weighted by molar-refractivity contribution is 6.31. The number of aromatic amines is 1. The lowest BCUT2D eigenvalue weighted by molar-refractivity contribution is 0.765. The fourth-order valence-electron chi connectivity index (χ4n) is 3.23. The Bertz CT molecular complexity index is 1340. The Balaban J connectivity index is 1.72.